The van der Waals surface area contributed by atoms with Crippen LogP contribution in [0.25, 0.3) is 5.69 Å². The largest absolute Gasteiger partial charge is 0.508 e. The number of hydrogen-bond donors (Lipinski definition) is 2. The van der Waals surface area contributed by atoms with Gasteiger partial charge in [0.25, 0.3) is 0 Å². The first kappa shape index (κ1) is 21.2. The SMILES string of the molecule is Cc1cc(C2C(c3ccccn3)NC(=S)N2c2ccc(F)cc2)c(C)n1-c1ccc(O)cc1. The molecule has 2 aromatic carbocycles. The lowest BCUT2D eigenvalue weighted by Crippen LogP contribution is -2.29. The first-order chi connectivity index (χ1) is 15.9. The van der Waals surface area contributed by atoms with Crippen molar-refractivity contribution in [3.05, 3.63) is 107 Å². The van der Waals surface area contributed by atoms with E-state index in [-0.39, 0.29) is 23.7 Å². The fraction of sp³-hybridized carbons (Fsp3) is 0.154. The molecule has 3 heterocycles. The molecular weight excluding hydrogens is 435 g/mol. The zero-order valence-corrected chi connectivity index (χ0v) is 19.1. The molecule has 2 atom stereocenters. The van der Waals surface area contributed by atoms with Crippen molar-refractivity contribution in [2.75, 3.05) is 4.90 Å². The fourth-order valence-corrected chi connectivity index (χ4v) is 4.98. The maximum atomic E-state index is 13.7. The van der Waals surface area contributed by atoms with Crippen LogP contribution in [0.2, 0.25) is 0 Å². The molecule has 166 valence electrons. The molecule has 1 fully saturated rings. The molecule has 4 aromatic rings. The van der Waals surface area contributed by atoms with E-state index in [4.69, 9.17) is 12.2 Å². The molecule has 5 nitrogen and oxygen atoms in total. The van der Waals surface area contributed by atoms with E-state index >= 15 is 0 Å². The summed E-state index contributed by atoms with van der Waals surface area (Å²) < 4.78 is 15.8. The van der Waals surface area contributed by atoms with Gasteiger partial charge in [-0.1, -0.05) is 6.07 Å². The van der Waals surface area contributed by atoms with Crippen molar-refractivity contribution < 1.29 is 9.50 Å². The summed E-state index contributed by atoms with van der Waals surface area (Å²) >= 11 is 5.76. The third-order valence-electron chi connectivity index (χ3n) is 6.10. The molecule has 2 unspecified atom stereocenters. The molecule has 33 heavy (non-hydrogen) atoms. The van der Waals surface area contributed by atoms with Crippen LogP contribution in [0.1, 0.15) is 34.7 Å². The maximum absolute atomic E-state index is 13.7. The molecule has 2 N–H and O–H groups in total. The van der Waals surface area contributed by atoms with Crippen molar-refractivity contribution >= 4 is 23.0 Å². The smallest absolute Gasteiger partial charge is 0.174 e. The zero-order chi connectivity index (χ0) is 23.1. The highest BCUT2D eigenvalue weighted by Crippen LogP contribution is 2.43. The summed E-state index contributed by atoms with van der Waals surface area (Å²) in [7, 11) is 0. The fourth-order valence-electron chi connectivity index (χ4n) is 4.64. The molecular formula is C26H23FN4OS. The van der Waals surface area contributed by atoms with Gasteiger partial charge in [-0.3, -0.25) is 4.98 Å². The van der Waals surface area contributed by atoms with Crippen LogP contribution in [0.4, 0.5) is 10.1 Å². The van der Waals surface area contributed by atoms with E-state index in [1.165, 1.54) is 12.1 Å². The van der Waals surface area contributed by atoms with Gasteiger partial charge in [0.2, 0.25) is 0 Å². The maximum Gasteiger partial charge on any atom is 0.174 e. The molecule has 0 radical (unpaired) electrons. The van der Waals surface area contributed by atoms with E-state index in [0.717, 1.165) is 34.0 Å². The molecule has 1 aliphatic rings. The molecule has 7 heteroatoms. The average molecular weight is 459 g/mol. The lowest BCUT2D eigenvalue weighted by molar-refractivity contribution is 0.475. The summed E-state index contributed by atoms with van der Waals surface area (Å²) in [6.07, 6.45) is 1.78. The van der Waals surface area contributed by atoms with Crippen LogP contribution >= 0.6 is 12.2 Å². The number of benzene rings is 2. The number of phenols is 1. The summed E-state index contributed by atoms with van der Waals surface area (Å²) in [5, 5.41) is 13.7. The standard InChI is InChI=1S/C26H23FN4OS/c1-16-15-22(17(2)30(16)19-10-12-21(32)13-11-19)25-24(23-5-3-4-14-28-23)29-26(33)31(25)20-8-6-18(27)7-9-20/h3-15,24-25,32H,1-2H3,(H,29,33). The Kier molecular flexibility index (Phi) is 5.34. The highest BCUT2D eigenvalue weighted by Gasteiger charge is 2.42. The number of aromatic hydroxyl groups is 1. The molecule has 2 aromatic heterocycles. The predicted octanol–water partition coefficient (Wildman–Crippen LogP) is 5.51. The van der Waals surface area contributed by atoms with Crippen molar-refractivity contribution in [1.29, 1.82) is 0 Å². The second-order valence-electron chi connectivity index (χ2n) is 8.15. The van der Waals surface area contributed by atoms with Gasteiger partial charge < -0.3 is 19.9 Å². The van der Waals surface area contributed by atoms with Crippen molar-refractivity contribution in [1.82, 2.24) is 14.9 Å². The van der Waals surface area contributed by atoms with Crippen LogP contribution in [-0.4, -0.2) is 19.8 Å². The molecule has 1 aliphatic heterocycles. The number of hydrogen-bond acceptors (Lipinski definition) is 3. The van der Waals surface area contributed by atoms with Crippen molar-refractivity contribution in [2.24, 2.45) is 0 Å². The van der Waals surface area contributed by atoms with Gasteiger partial charge in [0, 0.05) is 29.0 Å². The number of pyridine rings is 1. The minimum atomic E-state index is -0.292. The summed E-state index contributed by atoms with van der Waals surface area (Å²) in [6.45, 7) is 4.14. The van der Waals surface area contributed by atoms with Gasteiger partial charge >= 0.3 is 0 Å². The van der Waals surface area contributed by atoms with E-state index in [1.807, 2.05) is 35.2 Å². The number of aryl methyl sites for hydroxylation is 1. The summed E-state index contributed by atoms with van der Waals surface area (Å²) in [5.41, 5.74) is 5.86. The number of anilines is 1. The molecule has 0 spiro atoms. The monoisotopic (exact) mass is 458 g/mol. The molecule has 0 saturated carbocycles. The van der Waals surface area contributed by atoms with Crippen LogP contribution in [0.5, 0.6) is 5.75 Å². The summed E-state index contributed by atoms with van der Waals surface area (Å²) in [4.78, 5) is 6.64. The molecule has 1 saturated heterocycles. The number of nitrogens with one attached hydrogen (secondary N) is 1. The normalized spacial score (nSPS) is 17.9. The second kappa shape index (κ2) is 8.33. The van der Waals surface area contributed by atoms with E-state index in [0.29, 0.717) is 5.11 Å². The number of halogens is 1. The van der Waals surface area contributed by atoms with Crippen LogP contribution in [0.3, 0.4) is 0 Å². The van der Waals surface area contributed by atoms with Gasteiger partial charge in [-0.15, -0.1) is 0 Å². The van der Waals surface area contributed by atoms with Gasteiger partial charge in [-0.25, -0.2) is 4.39 Å². The Morgan fingerprint density at radius 3 is 2.33 bits per heavy atom. The molecule has 0 aliphatic carbocycles. The highest BCUT2D eigenvalue weighted by molar-refractivity contribution is 7.80. The quantitative estimate of drug-likeness (QED) is 0.395. The lowest BCUT2D eigenvalue weighted by atomic mass is 9.96. The predicted molar refractivity (Wildman–Crippen MR) is 131 cm³/mol. The molecule has 0 amide bonds. The topological polar surface area (TPSA) is 53.3 Å². The van der Waals surface area contributed by atoms with Gasteiger partial charge in [-0.05, 0) is 98.4 Å². The molecule has 5 rings (SSSR count). The highest BCUT2D eigenvalue weighted by atomic mass is 32.1. The number of phenolic OH excluding ortho intramolecular Hbond substituents is 1. The Morgan fingerprint density at radius 2 is 1.67 bits per heavy atom. The number of aromatic nitrogens is 2. The third kappa shape index (κ3) is 3.74. The Hall–Kier alpha value is -3.71. The van der Waals surface area contributed by atoms with Crippen LogP contribution < -0.4 is 10.2 Å². The zero-order valence-electron chi connectivity index (χ0n) is 18.2. The number of thiocarbonyl (C=S) groups is 1. The molecule has 0 bridgehead atoms. The minimum Gasteiger partial charge on any atom is -0.508 e. The Morgan fingerprint density at radius 1 is 0.970 bits per heavy atom. The van der Waals surface area contributed by atoms with Crippen LogP contribution in [-0.2, 0) is 0 Å². The first-order valence-electron chi connectivity index (χ1n) is 10.7. The summed E-state index contributed by atoms with van der Waals surface area (Å²) in [6, 6.07) is 21.2. The first-order valence-corrected chi connectivity index (χ1v) is 11.1. The van der Waals surface area contributed by atoms with Gasteiger partial charge in [0.1, 0.15) is 11.6 Å². The Balaban J connectivity index is 1.67. The van der Waals surface area contributed by atoms with Crippen molar-refractivity contribution in [3.63, 3.8) is 0 Å². The van der Waals surface area contributed by atoms with E-state index in [1.54, 1.807) is 30.5 Å². The third-order valence-corrected chi connectivity index (χ3v) is 6.41. The van der Waals surface area contributed by atoms with E-state index in [2.05, 4.69) is 34.8 Å². The van der Waals surface area contributed by atoms with E-state index < -0.39 is 0 Å². The van der Waals surface area contributed by atoms with E-state index in [9.17, 15) is 9.50 Å². The Bertz CT molecular complexity index is 1300. The summed E-state index contributed by atoms with van der Waals surface area (Å²) in [5.74, 6) is -0.0652. The van der Waals surface area contributed by atoms with Gasteiger partial charge in [0.15, 0.2) is 5.11 Å². The van der Waals surface area contributed by atoms with Gasteiger partial charge in [-0.2, -0.15) is 0 Å². The Labute approximate surface area is 197 Å². The van der Waals surface area contributed by atoms with Crippen molar-refractivity contribution in [2.45, 2.75) is 25.9 Å². The number of rotatable bonds is 4. The van der Waals surface area contributed by atoms with Crippen LogP contribution in [0.15, 0.2) is 79.0 Å². The minimum absolute atomic E-state index is 0.183. The van der Waals surface area contributed by atoms with Gasteiger partial charge in [0.05, 0.1) is 17.8 Å². The van der Waals surface area contributed by atoms with Crippen molar-refractivity contribution in [3.8, 4) is 11.4 Å². The average Bonchev–Trinajstić information content (AvgIpc) is 3.31. The number of nitrogens with zero attached hydrogens (tertiary/aromatic N) is 3. The lowest BCUT2D eigenvalue weighted by Gasteiger charge is -2.28. The second-order valence-corrected chi connectivity index (χ2v) is 8.54. The van der Waals surface area contributed by atoms with Crippen LogP contribution in [0, 0.1) is 19.7 Å².